The molecule has 2 aromatic carbocycles. The van der Waals surface area contributed by atoms with Crippen LogP contribution in [-0.2, 0) is 11.2 Å². The Kier molecular flexibility index (Phi) is 3.95. The van der Waals surface area contributed by atoms with Gasteiger partial charge < -0.3 is 19.7 Å². The summed E-state index contributed by atoms with van der Waals surface area (Å²) >= 11 is 0. The predicted molar refractivity (Wildman–Crippen MR) is 81.4 cm³/mol. The predicted octanol–water partition coefficient (Wildman–Crippen LogP) is 2.44. The van der Waals surface area contributed by atoms with E-state index >= 15 is 0 Å². The Morgan fingerprint density at radius 1 is 1.21 bits per heavy atom. The molecule has 2 aromatic rings. The summed E-state index contributed by atoms with van der Waals surface area (Å²) in [6, 6.07) is 8.68. The standard InChI is InChI=1S/C16H13NO7/c18-13-3-1-9(6-12(13)17(21)22)5-11(16(19)20)10-2-4-14-15(7-10)24-8-23-14/h1-4,6-7,11,18H,5,8H2,(H,19,20). The average Bonchev–Trinajstić information content (AvgIpc) is 3.00. The maximum atomic E-state index is 11.6. The van der Waals surface area contributed by atoms with E-state index < -0.39 is 28.2 Å². The van der Waals surface area contributed by atoms with Crippen LogP contribution in [0.25, 0.3) is 0 Å². The molecule has 3 rings (SSSR count). The lowest BCUT2D eigenvalue weighted by atomic mass is 9.91. The molecule has 0 fully saturated rings. The van der Waals surface area contributed by atoms with Crippen molar-refractivity contribution in [1.29, 1.82) is 0 Å². The maximum absolute atomic E-state index is 11.6. The van der Waals surface area contributed by atoms with Crippen LogP contribution < -0.4 is 9.47 Å². The van der Waals surface area contributed by atoms with Crippen LogP contribution in [0.4, 0.5) is 5.69 Å². The number of carbonyl (C=O) groups is 1. The van der Waals surface area contributed by atoms with Gasteiger partial charge in [0.05, 0.1) is 10.8 Å². The first-order chi connectivity index (χ1) is 11.5. The zero-order chi connectivity index (χ0) is 17.3. The Hall–Kier alpha value is -3.29. The van der Waals surface area contributed by atoms with Gasteiger partial charge in [0.1, 0.15) is 0 Å². The number of nitrogens with zero attached hydrogens (tertiary/aromatic N) is 1. The lowest BCUT2D eigenvalue weighted by molar-refractivity contribution is -0.385. The molecule has 0 amide bonds. The average molecular weight is 331 g/mol. The second-order valence-corrected chi connectivity index (χ2v) is 5.29. The van der Waals surface area contributed by atoms with Crippen LogP contribution in [0.5, 0.6) is 17.2 Å². The SMILES string of the molecule is O=C(O)C(Cc1ccc(O)c([N+](=O)[O-])c1)c1ccc2c(c1)OCO2. The van der Waals surface area contributed by atoms with Gasteiger partial charge in [-0.3, -0.25) is 14.9 Å². The molecule has 1 aliphatic rings. The second kappa shape index (κ2) is 6.07. The molecule has 0 saturated heterocycles. The van der Waals surface area contributed by atoms with Gasteiger partial charge in [-0.15, -0.1) is 0 Å². The smallest absolute Gasteiger partial charge is 0.311 e. The molecule has 2 N–H and O–H groups in total. The highest BCUT2D eigenvalue weighted by atomic mass is 16.7. The number of nitro groups is 1. The van der Waals surface area contributed by atoms with E-state index in [0.717, 1.165) is 0 Å². The third-order valence-electron chi connectivity index (χ3n) is 3.77. The van der Waals surface area contributed by atoms with Gasteiger partial charge in [-0.1, -0.05) is 12.1 Å². The number of carboxylic acid groups (broad SMARTS) is 1. The number of rotatable bonds is 5. The van der Waals surface area contributed by atoms with Crippen LogP contribution in [0.2, 0.25) is 0 Å². The first kappa shape index (κ1) is 15.6. The molecule has 8 heteroatoms. The third-order valence-corrected chi connectivity index (χ3v) is 3.77. The van der Waals surface area contributed by atoms with Crippen LogP contribution in [0.1, 0.15) is 17.0 Å². The molecule has 1 heterocycles. The Balaban J connectivity index is 1.91. The summed E-state index contributed by atoms with van der Waals surface area (Å²) in [4.78, 5) is 21.8. The summed E-state index contributed by atoms with van der Waals surface area (Å²) in [7, 11) is 0. The van der Waals surface area contributed by atoms with Crippen molar-refractivity contribution < 1.29 is 29.4 Å². The highest BCUT2D eigenvalue weighted by molar-refractivity contribution is 5.77. The monoisotopic (exact) mass is 331 g/mol. The van der Waals surface area contributed by atoms with Crippen molar-refractivity contribution in [3.05, 3.63) is 57.6 Å². The van der Waals surface area contributed by atoms with Crippen LogP contribution in [0.15, 0.2) is 36.4 Å². The molecule has 0 saturated carbocycles. The normalized spacial score (nSPS) is 13.5. The lowest BCUT2D eigenvalue weighted by Crippen LogP contribution is -2.14. The summed E-state index contributed by atoms with van der Waals surface area (Å²) in [5.74, 6) is -1.43. The van der Waals surface area contributed by atoms with Gasteiger partial charge in [0.15, 0.2) is 17.2 Å². The first-order valence-corrected chi connectivity index (χ1v) is 7.04. The number of benzene rings is 2. The number of aromatic hydroxyl groups is 1. The van der Waals surface area contributed by atoms with Crippen molar-refractivity contribution in [1.82, 2.24) is 0 Å². The van der Waals surface area contributed by atoms with Gasteiger partial charge in [0.25, 0.3) is 0 Å². The van der Waals surface area contributed by atoms with E-state index in [4.69, 9.17) is 9.47 Å². The molecule has 24 heavy (non-hydrogen) atoms. The highest BCUT2D eigenvalue weighted by Crippen LogP contribution is 2.36. The number of phenols is 1. The summed E-state index contributed by atoms with van der Waals surface area (Å²) in [6.07, 6.45) is 0.0378. The first-order valence-electron chi connectivity index (χ1n) is 7.04. The fourth-order valence-electron chi connectivity index (χ4n) is 2.56. The lowest BCUT2D eigenvalue weighted by Gasteiger charge is -2.13. The van der Waals surface area contributed by atoms with E-state index in [9.17, 15) is 25.1 Å². The van der Waals surface area contributed by atoms with Gasteiger partial charge in [-0.2, -0.15) is 0 Å². The number of hydrogen-bond acceptors (Lipinski definition) is 6. The van der Waals surface area contributed by atoms with Crippen molar-refractivity contribution >= 4 is 11.7 Å². The summed E-state index contributed by atoms with van der Waals surface area (Å²) < 4.78 is 10.4. The van der Waals surface area contributed by atoms with E-state index in [1.54, 1.807) is 18.2 Å². The van der Waals surface area contributed by atoms with E-state index in [2.05, 4.69) is 0 Å². The number of ether oxygens (including phenoxy) is 2. The molecular formula is C16H13NO7. The highest BCUT2D eigenvalue weighted by Gasteiger charge is 2.25. The minimum Gasteiger partial charge on any atom is -0.502 e. The number of fused-ring (bicyclic) bond motifs is 1. The molecule has 1 unspecified atom stereocenters. The minimum absolute atomic E-state index is 0.0378. The van der Waals surface area contributed by atoms with Crippen LogP contribution in [-0.4, -0.2) is 27.9 Å². The van der Waals surface area contributed by atoms with Gasteiger partial charge in [-0.05, 0) is 35.7 Å². The van der Waals surface area contributed by atoms with E-state index in [-0.39, 0.29) is 13.2 Å². The van der Waals surface area contributed by atoms with Gasteiger partial charge in [0, 0.05) is 6.07 Å². The molecule has 124 valence electrons. The molecule has 0 spiro atoms. The number of hydrogen-bond donors (Lipinski definition) is 2. The van der Waals surface area contributed by atoms with Crippen molar-refractivity contribution in [2.45, 2.75) is 12.3 Å². The number of phenolic OH excluding ortho intramolecular Hbond substituents is 1. The topological polar surface area (TPSA) is 119 Å². The maximum Gasteiger partial charge on any atom is 0.311 e. The van der Waals surface area contributed by atoms with Gasteiger partial charge in [-0.25, -0.2) is 0 Å². The molecule has 0 aliphatic carbocycles. The van der Waals surface area contributed by atoms with Crippen LogP contribution in [0, 0.1) is 10.1 Å². The Morgan fingerprint density at radius 2 is 1.96 bits per heavy atom. The zero-order valence-electron chi connectivity index (χ0n) is 12.3. The molecule has 1 atom stereocenters. The quantitative estimate of drug-likeness (QED) is 0.638. The zero-order valence-corrected chi connectivity index (χ0v) is 12.3. The molecule has 0 radical (unpaired) electrons. The Labute approximate surface area is 136 Å². The largest absolute Gasteiger partial charge is 0.502 e. The number of carboxylic acids is 1. The minimum atomic E-state index is -1.07. The molecule has 0 aromatic heterocycles. The molecule has 8 nitrogen and oxygen atoms in total. The Morgan fingerprint density at radius 3 is 2.67 bits per heavy atom. The summed E-state index contributed by atoms with van der Waals surface area (Å²) in [5.41, 5.74) is 0.481. The molecule has 1 aliphatic heterocycles. The number of aliphatic carboxylic acids is 1. The van der Waals surface area contributed by atoms with E-state index in [1.165, 1.54) is 18.2 Å². The fraction of sp³-hybridized carbons (Fsp3) is 0.188. The summed E-state index contributed by atoms with van der Waals surface area (Å²) in [6.45, 7) is 0.0840. The number of nitro benzene ring substituents is 1. The van der Waals surface area contributed by atoms with Crippen LogP contribution >= 0.6 is 0 Å². The van der Waals surface area contributed by atoms with Crippen molar-refractivity contribution in [2.75, 3.05) is 6.79 Å². The summed E-state index contributed by atoms with van der Waals surface area (Å²) in [5, 5.41) is 29.9. The third kappa shape index (κ3) is 2.94. The van der Waals surface area contributed by atoms with Gasteiger partial charge >= 0.3 is 11.7 Å². The molecular weight excluding hydrogens is 318 g/mol. The van der Waals surface area contributed by atoms with Crippen molar-refractivity contribution in [3.8, 4) is 17.2 Å². The van der Waals surface area contributed by atoms with E-state index in [0.29, 0.717) is 22.6 Å². The Bertz CT molecular complexity index is 818. The fourth-order valence-corrected chi connectivity index (χ4v) is 2.56. The van der Waals surface area contributed by atoms with Gasteiger partial charge in [0.2, 0.25) is 6.79 Å². The van der Waals surface area contributed by atoms with Crippen LogP contribution in [0.3, 0.4) is 0 Å². The van der Waals surface area contributed by atoms with Crippen molar-refractivity contribution in [2.24, 2.45) is 0 Å². The second-order valence-electron chi connectivity index (χ2n) is 5.29. The molecule has 0 bridgehead atoms. The van der Waals surface area contributed by atoms with E-state index in [1.807, 2.05) is 0 Å². The van der Waals surface area contributed by atoms with Crippen molar-refractivity contribution in [3.63, 3.8) is 0 Å².